The average molecular weight is 226 g/mol. The van der Waals surface area contributed by atoms with Crippen LogP contribution in [-0.4, -0.2) is 50.8 Å². The lowest BCUT2D eigenvalue weighted by Crippen LogP contribution is -2.38. The molecule has 3 heteroatoms. The van der Waals surface area contributed by atoms with Gasteiger partial charge in [0.2, 0.25) is 0 Å². The van der Waals surface area contributed by atoms with E-state index in [-0.39, 0.29) is 0 Å². The van der Waals surface area contributed by atoms with E-state index in [1.54, 1.807) is 0 Å². The zero-order valence-electron chi connectivity index (χ0n) is 10.7. The molecule has 1 N–H and O–H groups in total. The van der Waals surface area contributed by atoms with Crippen LogP contribution in [0.3, 0.4) is 0 Å². The molecule has 0 radical (unpaired) electrons. The van der Waals surface area contributed by atoms with E-state index in [0.29, 0.717) is 12.1 Å². The highest BCUT2D eigenvalue weighted by Gasteiger charge is 2.25. The topological polar surface area (TPSA) is 24.5 Å². The Morgan fingerprint density at radius 3 is 2.56 bits per heavy atom. The molecule has 1 saturated carbocycles. The molecule has 2 fully saturated rings. The number of piperidine rings is 1. The van der Waals surface area contributed by atoms with Gasteiger partial charge < -0.3 is 15.0 Å². The van der Waals surface area contributed by atoms with Gasteiger partial charge in [0.05, 0.1) is 6.10 Å². The molecule has 1 aliphatic heterocycles. The Kier molecular flexibility index (Phi) is 4.62. The Morgan fingerprint density at radius 1 is 1.19 bits per heavy atom. The molecule has 2 unspecified atom stereocenters. The molecule has 3 nitrogen and oxygen atoms in total. The fraction of sp³-hybridized carbons (Fsp3) is 1.00. The summed E-state index contributed by atoms with van der Waals surface area (Å²) in [7, 11) is 4.06. The number of methoxy groups -OCH3 is 1. The fourth-order valence-corrected chi connectivity index (χ4v) is 2.94. The molecule has 0 aromatic heterocycles. The number of ether oxygens (including phenoxy) is 1. The molecule has 16 heavy (non-hydrogen) atoms. The number of likely N-dealkylation sites (tertiary alicyclic amines) is 1. The number of hydrogen-bond donors (Lipinski definition) is 1. The molecule has 0 aromatic rings. The summed E-state index contributed by atoms with van der Waals surface area (Å²) in [5, 5.41) is 3.73. The van der Waals surface area contributed by atoms with Gasteiger partial charge in [-0.2, -0.15) is 0 Å². The number of nitrogens with one attached hydrogen (secondary N) is 1. The monoisotopic (exact) mass is 226 g/mol. The summed E-state index contributed by atoms with van der Waals surface area (Å²) in [6, 6.07) is 0.713. The molecule has 1 saturated heterocycles. The van der Waals surface area contributed by atoms with Crippen molar-refractivity contribution < 1.29 is 4.74 Å². The lowest BCUT2D eigenvalue weighted by atomic mass is 9.97. The largest absolute Gasteiger partial charge is 0.381 e. The van der Waals surface area contributed by atoms with E-state index in [2.05, 4.69) is 17.3 Å². The van der Waals surface area contributed by atoms with E-state index in [4.69, 9.17) is 4.74 Å². The maximum atomic E-state index is 5.40. The van der Waals surface area contributed by atoms with Crippen molar-refractivity contribution in [2.75, 3.05) is 33.8 Å². The Bertz CT molecular complexity index is 200. The summed E-state index contributed by atoms with van der Waals surface area (Å²) >= 11 is 0. The molecule has 94 valence electrons. The van der Waals surface area contributed by atoms with Crippen LogP contribution in [0.5, 0.6) is 0 Å². The van der Waals surface area contributed by atoms with Crippen molar-refractivity contribution in [3.63, 3.8) is 0 Å². The van der Waals surface area contributed by atoms with Crippen LogP contribution in [-0.2, 0) is 4.74 Å². The molecule has 0 bridgehead atoms. The predicted molar refractivity (Wildman–Crippen MR) is 66.7 cm³/mol. The Balaban J connectivity index is 1.61. The van der Waals surface area contributed by atoms with E-state index in [0.717, 1.165) is 5.92 Å². The first kappa shape index (κ1) is 12.3. The van der Waals surface area contributed by atoms with Gasteiger partial charge in [0.1, 0.15) is 0 Å². The van der Waals surface area contributed by atoms with Crippen LogP contribution in [0.15, 0.2) is 0 Å². The number of rotatable bonds is 4. The van der Waals surface area contributed by atoms with Crippen molar-refractivity contribution in [3.05, 3.63) is 0 Å². The molecule has 2 rings (SSSR count). The van der Waals surface area contributed by atoms with Crippen molar-refractivity contribution >= 4 is 0 Å². The first-order valence-electron chi connectivity index (χ1n) is 6.72. The summed E-state index contributed by atoms with van der Waals surface area (Å²) < 4.78 is 5.40. The normalized spacial score (nSPS) is 33.4. The molecule has 2 aliphatic rings. The maximum absolute atomic E-state index is 5.40. The smallest absolute Gasteiger partial charge is 0.0586 e. The lowest BCUT2D eigenvalue weighted by Gasteiger charge is -2.29. The van der Waals surface area contributed by atoms with E-state index in [1.165, 1.54) is 51.7 Å². The molecule has 1 heterocycles. The van der Waals surface area contributed by atoms with Gasteiger partial charge >= 0.3 is 0 Å². The molecular weight excluding hydrogens is 200 g/mol. The average Bonchev–Trinajstić information content (AvgIpc) is 2.76. The molecule has 0 aromatic carbocycles. The standard InChI is InChI=1S/C13H26N2O/c1-15-7-5-11(6-8-15)10-14-12-3-4-13(9-12)16-2/h11-14H,3-10H2,1-2H3. The number of nitrogens with zero attached hydrogens (tertiary/aromatic N) is 1. The molecule has 1 aliphatic carbocycles. The summed E-state index contributed by atoms with van der Waals surface area (Å²) in [5.41, 5.74) is 0. The summed E-state index contributed by atoms with van der Waals surface area (Å²) in [5.74, 6) is 0.901. The van der Waals surface area contributed by atoms with Gasteiger partial charge in [-0.3, -0.25) is 0 Å². The van der Waals surface area contributed by atoms with Crippen LogP contribution >= 0.6 is 0 Å². The lowest BCUT2D eigenvalue weighted by molar-refractivity contribution is 0.106. The summed E-state index contributed by atoms with van der Waals surface area (Å²) in [6.07, 6.45) is 6.99. The van der Waals surface area contributed by atoms with E-state index >= 15 is 0 Å². The zero-order chi connectivity index (χ0) is 11.4. The second kappa shape index (κ2) is 5.99. The van der Waals surface area contributed by atoms with Gasteiger partial charge in [-0.25, -0.2) is 0 Å². The van der Waals surface area contributed by atoms with Crippen molar-refractivity contribution in [3.8, 4) is 0 Å². The highest BCUT2D eigenvalue weighted by Crippen LogP contribution is 2.22. The van der Waals surface area contributed by atoms with Crippen molar-refractivity contribution in [1.29, 1.82) is 0 Å². The van der Waals surface area contributed by atoms with Gasteiger partial charge in [0.25, 0.3) is 0 Å². The van der Waals surface area contributed by atoms with E-state index in [1.807, 2.05) is 7.11 Å². The Hall–Kier alpha value is -0.120. The first-order valence-corrected chi connectivity index (χ1v) is 6.72. The highest BCUT2D eigenvalue weighted by atomic mass is 16.5. The van der Waals surface area contributed by atoms with Crippen molar-refractivity contribution in [2.45, 2.75) is 44.2 Å². The van der Waals surface area contributed by atoms with E-state index < -0.39 is 0 Å². The van der Waals surface area contributed by atoms with Crippen LogP contribution in [0.25, 0.3) is 0 Å². The quantitative estimate of drug-likeness (QED) is 0.786. The minimum Gasteiger partial charge on any atom is -0.381 e. The first-order chi connectivity index (χ1) is 7.78. The Labute approximate surface area is 99.5 Å². The molecular formula is C13H26N2O. The second-order valence-electron chi connectivity index (χ2n) is 5.52. The highest BCUT2D eigenvalue weighted by molar-refractivity contribution is 4.82. The minimum absolute atomic E-state index is 0.509. The van der Waals surface area contributed by atoms with Crippen LogP contribution < -0.4 is 5.32 Å². The van der Waals surface area contributed by atoms with Gasteiger partial charge in [0, 0.05) is 13.2 Å². The molecule has 0 amide bonds. The SMILES string of the molecule is COC1CCC(NCC2CCN(C)CC2)C1. The third-order valence-electron chi connectivity index (χ3n) is 4.25. The van der Waals surface area contributed by atoms with Crippen molar-refractivity contribution in [1.82, 2.24) is 10.2 Å². The minimum atomic E-state index is 0.509. The number of hydrogen-bond acceptors (Lipinski definition) is 3. The van der Waals surface area contributed by atoms with Crippen LogP contribution in [0, 0.1) is 5.92 Å². The van der Waals surface area contributed by atoms with Crippen LogP contribution in [0.1, 0.15) is 32.1 Å². The van der Waals surface area contributed by atoms with Gasteiger partial charge in [-0.15, -0.1) is 0 Å². The van der Waals surface area contributed by atoms with Crippen LogP contribution in [0.2, 0.25) is 0 Å². The maximum Gasteiger partial charge on any atom is 0.0586 e. The summed E-state index contributed by atoms with van der Waals surface area (Å²) in [4.78, 5) is 2.44. The summed E-state index contributed by atoms with van der Waals surface area (Å²) in [6.45, 7) is 3.77. The van der Waals surface area contributed by atoms with E-state index in [9.17, 15) is 0 Å². The van der Waals surface area contributed by atoms with Crippen molar-refractivity contribution in [2.24, 2.45) is 5.92 Å². The van der Waals surface area contributed by atoms with Crippen LogP contribution in [0.4, 0.5) is 0 Å². The van der Waals surface area contributed by atoms with Gasteiger partial charge in [0.15, 0.2) is 0 Å². The van der Waals surface area contributed by atoms with Gasteiger partial charge in [-0.05, 0) is 64.7 Å². The zero-order valence-corrected chi connectivity index (χ0v) is 10.7. The predicted octanol–water partition coefficient (Wildman–Crippen LogP) is 1.49. The molecule has 2 atom stereocenters. The second-order valence-corrected chi connectivity index (χ2v) is 5.52. The third-order valence-corrected chi connectivity index (χ3v) is 4.25. The third kappa shape index (κ3) is 3.44. The molecule has 0 spiro atoms. The van der Waals surface area contributed by atoms with Gasteiger partial charge in [-0.1, -0.05) is 0 Å². The fourth-order valence-electron chi connectivity index (χ4n) is 2.94. The Morgan fingerprint density at radius 2 is 1.94 bits per heavy atom.